The topological polar surface area (TPSA) is 64.0 Å². The summed E-state index contributed by atoms with van der Waals surface area (Å²) in [5.41, 5.74) is 0. The van der Waals surface area contributed by atoms with Crippen molar-refractivity contribution in [3.8, 4) is 0 Å². The van der Waals surface area contributed by atoms with Crippen LogP contribution in [-0.2, 0) is 0 Å². The summed E-state index contributed by atoms with van der Waals surface area (Å²) in [5.74, 6) is 0.347. The number of carbonyl (C=O) groups excluding carboxylic acids is 1. The molecule has 2 N–H and O–H groups in total. The summed E-state index contributed by atoms with van der Waals surface area (Å²) in [6, 6.07) is -0.446. The number of hydrogen-bond donors (Lipinski definition) is 2. The second-order valence-corrected chi connectivity index (χ2v) is 5.48. The van der Waals surface area contributed by atoms with Gasteiger partial charge in [0.15, 0.2) is 0 Å². The van der Waals surface area contributed by atoms with Crippen LogP contribution in [0.25, 0.3) is 0 Å². The van der Waals surface area contributed by atoms with E-state index in [9.17, 15) is 15.0 Å². The summed E-state index contributed by atoms with van der Waals surface area (Å²) < 4.78 is 0. The number of carbonyl (C=O) groups is 1. The van der Waals surface area contributed by atoms with E-state index in [-0.39, 0.29) is 18.0 Å². The Balaban J connectivity index is 2.77. The monoisotopic (exact) mass is 244 g/mol. The van der Waals surface area contributed by atoms with Gasteiger partial charge < -0.3 is 20.0 Å². The SMILES string of the molecule is CC(C)[C@@H]1C[C@H](N(C)C(=O)N(C)C)[C@@H](O)[C@H]1O. The Hall–Kier alpha value is -0.810. The van der Waals surface area contributed by atoms with Crippen LogP contribution in [0, 0.1) is 11.8 Å². The van der Waals surface area contributed by atoms with Crippen molar-refractivity contribution in [1.29, 1.82) is 0 Å². The normalized spacial score (nSPS) is 32.9. The van der Waals surface area contributed by atoms with Crippen molar-refractivity contribution in [1.82, 2.24) is 9.80 Å². The third-order valence-corrected chi connectivity index (χ3v) is 3.73. The van der Waals surface area contributed by atoms with E-state index in [1.165, 1.54) is 9.80 Å². The van der Waals surface area contributed by atoms with Crippen molar-refractivity contribution in [2.45, 2.75) is 38.5 Å². The van der Waals surface area contributed by atoms with Gasteiger partial charge in [-0.1, -0.05) is 13.8 Å². The molecule has 1 rings (SSSR count). The molecule has 0 spiro atoms. The number of amides is 2. The fourth-order valence-electron chi connectivity index (χ4n) is 2.55. The van der Waals surface area contributed by atoms with Crippen LogP contribution in [0.3, 0.4) is 0 Å². The highest BCUT2D eigenvalue weighted by Crippen LogP contribution is 2.34. The van der Waals surface area contributed by atoms with Gasteiger partial charge in [-0.2, -0.15) is 0 Å². The van der Waals surface area contributed by atoms with Crippen molar-refractivity contribution < 1.29 is 15.0 Å². The van der Waals surface area contributed by atoms with Crippen LogP contribution in [0.4, 0.5) is 4.79 Å². The molecule has 0 bridgehead atoms. The fourth-order valence-corrected chi connectivity index (χ4v) is 2.55. The molecule has 1 saturated carbocycles. The Morgan fingerprint density at radius 1 is 1.18 bits per heavy atom. The third kappa shape index (κ3) is 2.72. The minimum atomic E-state index is -0.851. The predicted octanol–water partition coefficient (Wildman–Crippen LogP) is 0.366. The van der Waals surface area contributed by atoms with E-state index < -0.39 is 12.2 Å². The van der Waals surface area contributed by atoms with E-state index in [1.54, 1.807) is 21.1 Å². The number of likely N-dealkylation sites (N-methyl/N-ethyl adjacent to an activating group) is 1. The molecule has 4 atom stereocenters. The van der Waals surface area contributed by atoms with Gasteiger partial charge in [-0.25, -0.2) is 4.79 Å². The van der Waals surface area contributed by atoms with Gasteiger partial charge in [-0.05, 0) is 18.3 Å². The van der Waals surface area contributed by atoms with Crippen LogP contribution in [0.5, 0.6) is 0 Å². The first-order valence-corrected chi connectivity index (χ1v) is 6.07. The lowest BCUT2D eigenvalue weighted by Gasteiger charge is -2.30. The Morgan fingerprint density at radius 3 is 2.06 bits per heavy atom. The summed E-state index contributed by atoms with van der Waals surface area (Å²) in [6.45, 7) is 4.05. The number of urea groups is 1. The third-order valence-electron chi connectivity index (χ3n) is 3.73. The highest BCUT2D eigenvalue weighted by Gasteiger charge is 2.45. The Labute approximate surface area is 103 Å². The molecule has 0 radical (unpaired) electrons. The van der Waals surface area contributed by atoms with E-state index in [2.05, 4.69) is 0 Å². The molecule has 0 heterocycles. The van der Waals surface area contributed by atoms with Crippen LogP contribution in [-0.4, -0.2) is 65.4 Å². The molecule has 5 nitrogen and oxygen atoms in total. The maximum atomic E-state index is 11.8. The van der Waals surface area contributed by atoms with Crippen molar-refractivity contribution in [2.24, 2.45) is 11.8 Å². The molecule has 100 valence electrons. The van der Waals surface area contributed by atoms with Gasteiger partial charge >= 0.3 is 6.03 Å². The highest BCUT2D eigenvalue weighted by molar-refractivity contribution is 5.74. The molecule has 1 aliphatic carbocycles. The molecular weight excluding hydrogens is 220 g/mol. The van der Waals surface area contributed by atoms with Crippen LogP contribution < -0.4 is 0 Å². The molecule has 0 aromatic carbocycles. The zero-order valence-electron chi connectivity index (χ0n) is 11.3. The summed E-state index contributed by atoms with van der Waals surface area (Å²) in [4.78, 5) is 14.8. The molecule has 0 aromatic heterocycles. The minimum Gasteiger partial charge on any atom is -0.390 e. The lowest BCUT2D eigenvalue weighted by Crippen LogP contribution is -2.47. The van der Waals surface area contributed by atoms with Crippen molar-refractivity contribution >= 4 is 6.03 Å². The minimum absolute atomic E-state index is 0.0485. The molecule has 5 heteroatoms. The van der Waals surface area contributed by atoms with Gasteiger partial charge in [0.25, 0.3) is 0 Å². The van der Waals surface area contributed by atoms with E-state index in [0.29, 0.717) is 12.3 Å². The molecule has 1 aliphatic rings. The smallest absolute Gasteiger partial charge is 0.319 e. The van der Waals surface area contributed by atoms with Crippen LogP contribution >= 0.6 is 0 Å². The molecule has 0 aliphatic heterocycles. The fraction of sp³-hybridized carbons (Fsp3) is 0.917. The molecule has 2 amide bonds. The van der Waals surface area contributed by atoms with Gasteiger partial charge in [0, 0.05) is 21.1 Å². The Morgan fingerprint density at radius 2 is 1.71 bits per heavy atom. The zero-order valence-corrected chi connectivity index (χ0v) is 11.3. The lowest BCUT2D eigenvalue weighted by atomic mass is 9.92. The van der Waals surface area contributed by atoms with Crippen LogP contribution in [0.2, 0.25) is 0 Å². The summed E-state index contributed by atoms with van der Waals surface area (Å²) in [6.07, 6.45) is -0.940. The zero-order chi connectivity index (χ0) is 13.3. The van der Waals surface area contributed by atoms with Crippen LogP contribution in [0.1, 0.15) is 20.3 Å². The van der Waals surface area contributed by atoms with Crippen molar-refractivity contribution in [2.75, 3.05) is 21.1 Å². The second-order valence-electron chi connectivity index (χ2n) is 5.48. The number of nitrogens with zero attached hydrogens (tertiary/aromatic N) is 2. The Kier molecular flexibility index (Phi) is 4.38. The first-order valence-electron chi connectivity index (χ1n) is 6.07. The van der Waals surface area contributed by atoms with Gasteiger partial charge in [0.1, 0.15) is 6.10 Å². The van der Waals surface area contributed by atoms with Crippen molar-refractivity contribution in [3.05, 3.63) is 0 Å². The van der Waals surface area contributed by atoms with E-state index in [4.69, 9.17) is 0 Å². The highest BCUT2D eigenvalue weighted by atomic mass is 16.3. The van der Waals surface area contributed by atoms with Gasteiger partial charge in [0.2, 0.25) is 0 Å². The average molecular weight is 244 g/mol. The van der Waals surface area contributed by atoms with Gasteiger partial charge in [-0.15, -0.1) is 0 Å². The molecule has 1 fully saturated rings. The van der Waals surface area contributed by atoms with Gasteiger partial charge in [0.05, 0.1) is 12.1 Å². The number of rotatable bonds is 2. The van der Waals surface area contributed by atoms with E-state index in [0.717, 1.165) is 0 Å². The van der Waals surface area contributed by atoms with E-state index in [1.807, 2.05) is 13.8 Å². The first-order chi connectivity index (χ1) is 7.77. The van der Waals surface area contributed by atoms with Gasteiger partial charge in [-0.3, -0.25) is 0 Å². The average Bonchev–Trinajstić information content (AvgIpc) is 2.54. The lowest BCUT2D eigenvalue weighted by molar-refractivity contribution is -0.00892. The maximum absolute atomic E-state index is 11.8. The molecular formula is C12H24N2O3. The second kappa shape index (κ2) is 5.23. The first kappa shape index (κ1) is 14.3. The summed E-state index contributed by atoms with van der Waals surface area (Å²) >= 11 is 0. The summed E-state index contributed by atoms with van der Waals surface area (Å²) in [5, 5.41) is 20.0. The number of aliphatic hydroxyl groups is 2. The number of aliphatic hydroxyl groups excluding tert-OH is 2. The molecule has 17 heavy (non-hydrogen) atoms. The Bertz CT molecular complexity index is 281. The van der Waals surface area contributed by atoms with Crippen molar-refractivity contribution in [3.63, 3.8) is 0 Å². The largest absolute Gasteiger partial charge is 0.390 e. The molecule has 0 aromatic rings. The maximum Gasteiger partial charge on any atom is 0.319 e. The van der Waals surface area contributed by atoms with Crippen LogP contribution in [0.15, 0.2) is 0 Å². The number of hydrogen-bond acceptors (Lipinski definition) is 3. The molecule has 0 unspecified atom stereocenters. The quantitative estimate of drug-likeness (QED) is 0.737. The van der Waals surface area contributed by atoms with E-state index >= 15 is 0 Å². The standard InChI is InChI=1S/C12H24N2O3/c1-7(2)8-6-9(11(16)10(8)15)14(5)12(17)13(3)4/h7-11,15-16H,6H2,1-5H3/t8-,9-,10-,11+/m0/s1. The predicted molar refractivity (Wildman–Crippen MR) is 65.6 cm³/mol. The summed E-state index contributed by atoms with van der Waals surface area (Å²) in [7, 11) is 5.03. The molecule has 0 saturated heterocycles.